The zero-order chi connectivity index (χ0) is 27.6. The molecule has 13 nitrogen and oxygen atoms in total. The van der Waals surface area contributed by atoms with E-state index in [-0.39, 0.29) is 34.3 Å². The highest BCUT2D eigenvalue weighted by atomic mass is 16.6. The van der Waals surface area contributed by atoms with Gasteiger partial charge in [-0.2, -0.15) is 5.10 Å². The summed E-state index contributed by atoms with van der Waals surface area (Å²) in [6.07, 6.45) is 2.09. The van der Waals surface area contributed by atoms with E-state index in [0.29, 0.717) is 31.6 Å². The lowest BCUT2D eigenvalue weighted by Gasteiger charge is -2.33. The quantitative estimate of drug-likeness (QED) is 0.372. The maximum atomic E-state index is 12.8. The highest BCUT2D eigenvalue weighted by molar-refractivity contribution is 6.02. The number of likely N-dealkylation sites (tertiary alicyclic amines) is 1. The van der Waals surface area contributed by atoms with Gasteiger partial charge in [-0.1, -0.05) is 0 Å². The third-order valence-electron chi connectivity index (χ3n) is 6.07. The van der Waals surface area contributed by atoms with Crippen molar-refractivity contribution in [2.45, 2.75) is 45.1 Å². The Labute approximate surface area is 217 Å². The largest absolute Gasteiger partial charge is 0.444 e. The number of aromatic amines is 1. The second-order valence-corrected chi connectivity index (χ2v) is 9.97. The molecule has 0 radical (unpaired) electrons. The zero-order valence-electron chi connectivity index (χ0n) is 21.2. The molecule has 0 atom stereocenters. The Bertz CT molecular complexity index is 1440. The van der Waals surface area contributed by atoms with Gasteiger partial charge >= 0.3 is 6.09 Å². The van der Waals surface area contributed by atoms with Gasteiger partial charge in [-0.15, -0.1) is 0 Å². The van der Waals surface area contributed by atoms with Crippen LogP contribution in [0.2, 0.25) is 0 Å². The molecule has 4 amide bonds. The minimum absolute atomic E-state index is 0.0551. The Hall–Kier alpha value is -4.68. The van der Waals surface area contributed by atoms with Crippen LogP contribution in [0.4, 0.5) is 4.79 Å². The van der Waals surface area contributed by atoms with Crippen LogP contribution in [0.3, 0.4) is 0 Å². The molecule has 0 saturated carbocycles. The average molecular weight is 524 g/mol. The zero-order valence-corrected chi connectivity index (χ0v) is 21.2. The molecule has 1 saturated heterocycles. The van der Waals surface area contributed by atoms with Crippen LogP contribution in [0, 0.1) is 0 Å². The minimum atomic E-state index is -0.686. The van der Waals surface area contributed by atoms with Crippen LogP contribution >= 0.6 is 0 Å². The maximum Gasteiger partial charge on any atom is 0.410 e. The van der Waals surface area contributed by atoms with E-state index in [0.717, 1.165) is 0 Å². The van der Waals surface area contributed by atoms with Crippen molar-refractivity contribution in [2.24, 2.45) is 5.73 Å². The predicted molar refractivity (Wildman–Crippen MR) is 135 cm³/mol. The molecule has 5 N–H and O–H groups in total. The van der Waals surface area contributed by atoms with Crippen molar-refractivity contribution in [3.63, 3.8) is 0 Å². The molecule has 1 aliphatic rings. The lowest BCUT2D eigenvalue weighted by Crippen LogP contribution is -2.42. The smallest absolute Gasteiger partial charge is 0.410 e. The summed E-state index contributed by atoms with van der Waals surface area (Å²) in [7, 11) is 0. The first-order valence-corrected chi connectivity index (χ1v) is 12.0. The van der Waals surface area contributed by atoms with Gasteiger partial charge in [0.15, 0.2) is 0 Å². The Kier molecular flexibility index (Phi) is 7.19. The van der Waals surface area contributed by atoms with Crippen LogP contribution in [-0.2, 0) is 4.74 Å². The molecule has 2 aromatic heterocycles. The summed E-state index contributed by atoms with van der Waals surface area (Å²) in [6.45, 7) is 6.34. The molecule has 200 valence electrons. The number of primary amides is 1. The topological polar surface area (TPSA) is 181 Å². The van der Waals surface area contributed by atoms with Crippen molar-refractivity contribution in [1.82, 2.24) is 30.3 Å². The lowest BCUT2D eigenvalue weighted by atomic mass is 9.93. The van der Waals surface area contributed by atoms with E-state index in [1.807, 2.05) is 20.8 Å². The Balaban J connectivity index is 1.45. The molecule has 4 rings (SSSR count). The molecular formula is C25H29N7O6. The summed E-state index contributed by atoms with van der Waals surface area (Å²) in [5.74, 6) is -2.00. The van der Waals surface area contributed by atoms with E-state index in [2.05, 4.69) is 20.9 Å². The number of carbonyl (C=O) groups is 4. The fraction of sp³-hybridized carbons (Fsp3) is 0.360. The number of aromatic nitrogens is 3. The summed E-state index contributed by atoms with van der Waals surface area (Å²) in [5.41, 5.74) is 10.1. The SMILES string of the molecule is CC(C)(C)OC(=O)N1CCC(c2cc(=O)[nH]c3c(C(=O)NNC(=O)c4ccc(C(N)=O)cc4)cnn23)CC1. The first-order valence-electron chi connectivity index (χ1n) is 12.0. The first-order chi connectivity index (χ1) is 17.9. The van der Waals surface area contributed by atoms with E-state index < -0.39 is 28.9 Å². The van der Waals surface area contributed by atoms with Crippen molar-refractivity contribution in [3.8, 4) is 0 Å². The van der Waals surface area contributed by atoms with Crippen LogP contribution in [0.15, 0.2) is 41.3 Å². The Morgan fingerprint density at radius 2 is 1.63 bits per heavy atom. The van der Waals surface area contributed by atoms with Gasteiger partial charge in [0, 0.05) is 36.2 Å². The number of piperidine rings is 1. The van der Waals surface area contributed by atoms with Crippen LogP contribution in [0.5, 0.6) is 0 Å². The molecule has 0 bridgehead atoms. The lowest BCUT2D eigenvalue weighted by molar-refractivity contribution is 0.0203. The molecular weight excluding hydrogens is 494 g/mol. The van der Waals surface area contributed by atoms with Crippen LogP contribution in [-0.4, -0.2) is 62.0 Å². The second kappa shape index (κ2) is 10.4. The third kappa shape index (κ3) is 5.82. The highest BCUT2D eigenvalue weighted by Gasteiger charge is 2.29. The number of carbonyl (C=O) groups excluding carboxylic acids is 4. The standard InChI is InChI=1S/C25H29N7O6/c1-25(2,3)38-24(37)31-10-8-14(9-11-31)18-12-19(33)28-21-17(13-27-32(18)21)23(36)30-29-22(35)16-6-4-15(5-7-16)20(26)34/h4-7,12-14H,8-11H2,1-3H3,(H2,26,34)(H,28,33)(H,29,35)(H,30,36). The fourth-order valence-electron chi connectivity index (χ4n) is 4.19. The van der Waals surface area contributed by atoms with Gasteiger partial charge in [-0.25, -0.2) is 9.31 Å². The number of nitrogens with two attached hydrogens (primary N) is 1. The number of fused-ring (bicyclic) bond motifs is 1. The molecule has 38 heavy (non-hydrogen) atoms. The van der Waals surface area contributed by atoms with Crippen LogP contribution in [0.25, 0.3) is 5.65 Å². The molecule has 0 unspecified atom stereocenters. The van der Waals surface area contributed by atoms with Gasteiger partial charge in [0.25, 0.3) is 17.4 Å². The number of hydrogen-bond donors (Lipinski definition) is 4. The summed E-state index contributed by atoms with van der Waals surface area (Å²) in [6, 6.07) is 7.03. The van der Waals surface area contributed by atoms with Crippen molar-refractivity contribution >= 4 is 29.5 Å². The summed E-state index contributed by atoms with van der Waals surface area (Å²) in [5, 5.41) is 4.29. The van der Waals surface area contributed by atoms with E-state index in [4.69, 9.17) is 10.5 Å². The first kappa shape index (κ1) is 26.4. The number of nitrogens with zero attached hydrogens (tertiary/aromatic N) is 3. The van der Waals surface area contributed by atoms with Gasteiger partial charge in [0.2, 0.25) is 5.91 Å². The summed E-state index contributed by atoms with van der Waals surface area (Å²) >= 11 is 0. The van der Waals surface area contributed by atoms with E-state index in [1.165, 1.54) is 41.0 Å². The number of amides is 4. The van der Waals surface area contributed by atoms with Crippen molar-refractivity contribution in [1.29, 1.82) is 0 Å². The van der Waals surface area contributed by atoms with Crippen molar-refractivity contribution < 1.29 is 23.9 Å². The van der Waals surface area contributed by atoms with E-state index >= 15 is 0 Å². The number of ether oxygens (including phenoxy) is 1. The van der Waals surface area contributed by atoms with E-state index in [1.54, 1.807) is 4.90 Å². The van der Waals surface area contributed by atoms with Crippen LogP contribution in [0.1, 0.15) is 76.3 Å². The van der Waals surface area contributed by atoms with Crippen molar-refractivity contribution in [3.05, 3.63) is 69.3 Å². The van der Waals surface area contributed by atoms with Gasteiger partial charge in [-0.05, 0) is 57.9 Å². The molecule has 13 heteroatoms. The number of hydrogen-bond acceptors (Lipinski definition) is 7. The van der Waals surface area contributed by atoms with Gasteiger partial charge in [0.1, 0.15) is 16.8 Å². The fourth-order valence-corrected chi connectivity index (χ4v) is 4.19. The molecule has 3 aromatic rings. The van der Waals surface area contributed by atoms with Crippen molar-refractivity contribution in [2.75, 3.05) is 13.1 Å². The van der Waals surface area contributed by atoms with E-state index in [9.17, 15) is 24.0 Å². The summed E-state index contributed by atoms with van der Waals surface area (Å²) in [4.78, 5) is 65.5. The molecule has 3 heterocycles. The molecule has 1 fully saturated rings. The average Bonchev–Trinajstić information content (AvgIpc) is 3.29. The molecule has 1 aromatic carbocycles. The molecule has 0 spiro atoms. The maximum absolute atomic E-state index is 12.8. The monoisotopic (exact) mass is 523 g/mol. The number of hydrazine groups is 1. The Morgan fingerprint density at radius 1 is 1.03 bits per heavy atom. The number of rotatable bonds is 4. The number of nitrogens with one attached hydrogen (secondary N) is 3. The summed E-state index contributed by atoms with van der Waals surface area (Å²) < 4.78 is 6.94. The van der Waals surface area contributed by atoms with Gasteiger partial charge in [0.05, 0.1) is 11.9 Å². The molecule has 1 aliphatic heterocycles. The normalized spacial score (nSPS) is 14.2. The van der Waals surface area contributed by atoms with Crippen LogP contribution < -0.4 is 22.1 Å². The van der Waals surface area contributed by atoms with Gasteiger partial charge in [-0.3, -0.25) is 30.0 Å². The second-order valence-electron chi connectivity index (χ2n) is 9.97. The number of benzene rings is 1. The predicted octanol–water partition coefficient (Wildman–Crippen LogP) is 1.31. The highest BCUT2D eigenvalue weighted by Crippen LogP contribution is 2.28. The minimum Gasteiger partial charge on any atom is -0.444 e. The number of H-pyrrole nitrogens is 1. The Morgan fingerprint density at radius 3 is 2.24 bits per heavy atom. The van der Waals surface area contributed by atoms with Gasteiger partial charge < -0.3 is 20.4 Å². The third-order valence-corrected chi connectivity index (χ3v) is 6.07. The molecule has 0 aliphatic carbocycles.